The fourth-order valence-corrected chi connectivity index (χ4v) is 5.05. The third-order valence-electron chi connectivity index (χ3n) is 7.01. The standard InChI is InChI=1S/C31H37FN2/c1-5-28-27(7-6-8-29(28)23(2)3)15-14-25-10-12-26(13-11-25)22-33-17-19-34(20-18-33)31-16-9-24(4)21-30(31)32/h6-13,16,21H,2,5,14-15,17-20,22H2,1,3-4H3. The summed E-state index contributed by atoms with van der Waals surface area (Å²) in [7, 11) is 0. The summed E-state index contributed by atoms with van der Waals surface area (Å²) >= 11 is 0. The van der Waals surface area contributed by atoms with Gasteiger partial charge >= 0.3 is 0 Å². The Morgan fingerprint density at radius 1 is 0.912 bits per heavy atom. The van der Waals surface area contributed by atoms with Crippen molar-refractivity contribution >= 4 is 11.3 Å². The fraction of sp³-hybridized carbons (Fsp3) is 0.355. The molecule has 1 heterocycles. The molecule has 4 rings (SSSR count). The highest BCUT2D eigenvalue weighted by atomic mass is 19.1. The molecule has 0 bridgehead atoms. The molecule has 0 atom stereocenters. The molecule has 34 heavy (non-hydrogen) atoms. The van der Waals surface area contributed by atoms with Crippen molar-refractivity contribution in [3.05, 3.63) is 106 Å². The maximum atomic E-state index is 14.3. The second-order valence-corrected chi connectivity index (χ2v) is 9.61. The minimum atomic E-state index is -0.110. The number of halogens is 1. The van der Waals surface area contributed by atoms with E-state index in [1.165, 1.54) is 27.8 Å². The van der Waals surface area contributed by atoms with E-state index in [4.69, 9.17) is 0 Å². The lowest BCUT2D eigenvalue weighted by Gasteiger charge is -2.36. The minimum absolute atomic E-state index is 0.110. The van der Waals surface area contributed by atoms with Gasteiger partial charge in [0.1, 0.15) is 5.82 Å². The molecule has 0 unspecified atom stereocenters. The largest absolute Gasteiger partial charge is 0.367 e. The molecule has 0 amide bonds. The number of hydrogen-bond donors (Lipinski definition) is 0. The fourth-order valence-electron chi connectivity index (χ4n) is 5.05. The lowest BCUT2D eigenvalue weighted by molar-refractivity contribution is 0.249. The molecule has 1 saturated heterocycles. The van der Waals surface area contributed by atoms with Crippen LogP contribution in [-0.4, -0.2) is 31.1 Å². The molecule has 1 aliphatic rings. The van der Waals surface area contributed by atoms with E-state index in [0.29, 0.717) is 0 Å². The van der Waals surface area contributed by atoms with Crippen molar-refractivity contribution in [3.63, 3.8) is 0 Å². The molecule has 0 aromatic heterocycles. The van der Waals surface area contributed by atoms with E-state index in [1.807, 2.05) is 19.1 Å². The molecular formula is C31H37FN2. The Morgan fingerprint density at radius 3 is 2.26 bits per heavy atom. The van der Waals surface area contributed by atoms with Crippen molar-refractivity contribution in [2.75, 3.05) is 31.1 Å². The van der Waals surface area contributed by atoms with E-state index in [1.54, 1.807) is 6.07 Å². The van der Waals surface area contributed by atoms with Gasteiger partial charge in [-0.15, -0.1) is 0 Å². The van der Waals surface area contributed by atoms with Crippen LogP contribution in [0.15, 0.2) is 67.2 Å². The molecule has 1 fully saturated rings. The first-order chi connectivity index (χ1) is 16.4. The Balaban J connectivity index is 1.30. The molecule has 0 saturated carbocycles. The van der Waals surface area contributed by atoms with Gasteiger partial charge in [-0.1, -0.05) is 67.6 Å². The van der Waals surface area contributed by atoms with Crippen molar-refractivity contribution in [2.24, 2.45) is 0 Å². The van der Waals surface area contributed by atoms with Crippen LogP contribution < -0.4 is 4.90 Å². The van der Waals surface area contributed by atoms with Gasteiger partial charge in [-0.05, 0) is 78.6 Å². The average molecular weight is 457 g/mol. The van der Waals surface area contributed by atoms with Crippen LogP contribution in [0.1, 0.15) is 47.2 Å². The van der Waals surface area contributed by atoms with Crippen molar-refractivity contribution in [1.82, 2.24) is 4.90 Å². The molecule has 1 aliphatic heterocycles. The Labute approximate surface area is 204 Å². The summed E-state index contributed by atoms with van der Waals surface area (Å²) in [6.45, 7) is 15.0. The molecule has 2 nitrogen and oxygen atoms in total. The number of piperazine rings is 1. The van der Waals surface area contributed by atoms with E-state index >= 15 is 0 Å². The van der Waals surface area contributed by atoms with E-state index < -0.39 is 0 Å². The van der Waals surface area contributed by atoms with Gasteiger partial charge in [0, 0.05) is 32.7 Å². The highest BCUT2D eigenvalue weighted by Gasteiger charge is 2.19. The zero-order chi connectivity index (χ0) is 24.1. The van der Waals surface area contributed by atoms with Gasteiger partial charge in [-0.25, -0.2) is 4.39 Å². The molecular weight excluding hydrogens is 419 g/mol. The predicted molar refractivity (Wildman–Crippen MR) is 143 cm³/mol. The molecule has 0 radical (unpaired) electrons. The van der Waals surface area contributed by atoms with E-state index in [-0.39, 0.29) is 5.82 Å². The lowest BCUT2D eigenvalue weighted by atomic mass is 9.92. The van der Waals surface area contributed by atoms with Crippen LogP contribution in [0.5, 0.6) is 0 Å². The van der Waals surface area contributed by atoms with Crippen molar-refractivity contribution in [2.45, 2.75) is 46.6 Å². The second-order valence-electron chi connectivity index (χ2n) is 9.61. The quantitative estimate of drug-likeness (QED) is 0.366. The van der Waals surface area contributed by atoms with Gasteiger partial charge in [0.15, 0.2) is 0 Å². The van der Waals surface area contributed by atoms with Gasteiger partial charge in [0.25, 0.3) is 0 Å². The van der Waals surface area contributed by atoms with Gasteiger partial charge < -0.3 is 4.90 Å². The maximum Gasteiger partial charge on any atom is 0.146 e. The van der Waals surface area contributed by atoms with Gasteiger partial charge in [-0.3, -0.25) is 4.90 Å². The normalized spacial score (nSPS) is 14.4. The predicted octanol–water partition coefficient (Wildman–Crippen LogP) is 6.84. The number of nitrogens with zero attached hydrogens (tertiary/aromatic N) is 2. The van der Waals surface area contributed by atoms with Crippen LogP contribution in [0.25, 0.3) is 5.57 Å². The molecule has 3 aromatic rings. The number of aryl methyl sites for hydroxylation is 3. The molecule has 178 valence electrons. The zero-order valence-corrected chi connectivity index (χ0v) is 20.9. The highest BCUT2D eigenvalue weighted by molar-refractivity contribution is 5.66. The van der Waals surface area contributed by atoms with Crippen molar-refractivity contribution in [3.8, 4) is 0 Å². The number of rotatable bonds is 8. The molecule has 3 aromatic carbocycles. The number of anilines is 1. The smallest absolute Gasteiger partial charge is 0.146 e. The Bertz CT molecular complexity index is 1120. The van der Waals surface area contributed by atoms with E-state index in [0.717, 1.165) is 68.8 Å². The van der Waals surface area contributed by atoms with Crippen LogP contribution in [0.2, 0.25) is 0 Å². The Morgan fingerprint density at radius 2 is 1.62 bits per heavy atom. The number of benzene rings is 3. The first-order valence-corrected chi connectivity index (χ1v) is 12.5. The molecule has 0 N–H and O–H groups in total. The highest BCUT2D eigenvalue weighted by Crippen LogP contribution is 2.24. The topological polar surface area (TPSA) is 6.48 Å². The summed E-state index contributed by atoms with van der Waals surface area (Å²) < 4.78 is 14.3. The van der Waals surface area contributed by atoms with Crippen LogP contribution in [-0.2, 0) is 25.8 Å². The third-order valence-corrected chi connectivity index (χ3v) is 7.01. The van der Waals surface area contributed by atoms with Crippen LogP contribution >= 0.6 is 0 Å². The summed E-state index contributed by atoms with van der Waals surface area (Å²) in [6, 6.07) is 21.3. The summed E-state index contributed by atoms with van der Waals surface area (Å²) in [4.78, 5) is 4.63. The average Bonchev–Trinajstić information content (AvgIpc) is 2.84. The van der Waals surface area contributed by atoms with Gasteiger partial charge in [-0.2, -0.15) is 0 Å². The lowest BCUT2D eigenvalue weighted by Crippen LogP contribution is -2.46. The first kappa shape index (κ1) is 24.2. The molecule has 3 heteroatoms. The van der Waals surface area contributed by atoms with Crippen molar-refractivity contribution < 1.29 is 4.39 Å². The van der Waals surface area contributed by atoms with Crippen LogP contribution in [0, 0.1) is 12.7 Å². The second kappa shape index (κ2) is 11.0. The summed E-state index contributed by atoms with van der Waals surface area (Å²) in [5.41, 5.74) is 9.76. The molecule has 0 aliphatic carbocycles. The van der Waals surface area contributed by atoms with Crippen LogP contribution in [0.3, 0.4) is 0 Å². The number of hydrogen-bond acceptors (Lipinski definition) is 2. The van der Waals surface area contributed by atoms with Gasteiger partial charge in [0.2, 0.25) is 0 Å². The maximum absolute atomic E-state index is 14.3. The summed E-state index contributed by atoms with van der Waals surface area (Å²) in [5.74, 6) is -0.110. The molecule has 0 spiro atoms. The van der Waals surface area contributed by atoms with Crippen molar-refractivity contribution in [1.29, 1.82) is 0 Å². The SMILES string of the molecule is C=C(C)c1cccc(CCc2ccc(CN3CCN(c4ccc(C)cc4F)CC3)cc2)c1CC. The minimum Gasteiger partial charge on any atom is -0.367 e. The monoisotopic (exact) mass is 456 g/mol. The Kier molecular flexibility index (Phi) is 7.84. The first-order valence-electron chi connectivity index (χ1n) is 12.5. The van der Waals surface area contributed by atoms with E-state index in [9.17, 15) is 4.39 Å². The summed E-state index contributed by atoms with van der Waals surface area (Å²) in [6.07, 6.45) is 3.15. The number of allylic oxidation sites excluding steroid dienone is 1. The van der Waals surface area contributed by atoms with Gasteiger partial charge in [0.05, 0.1) is 5.69 Å². The van der Waals surface area contributed by atoms with E-state index in [2.05, 4.69) is 72.7 Å². The van der Waals surface area contributed by atoms with Crippen LogP contribution in [0.4, 0.5) is 10.1 Å². The Hall–Kier alpha value is -2.91. The third kappa shape index (κ3) is 5.77. The zero-order valence-electron chi connectivity index (χ0n) is 20.9. The summed E-state index contributed by atoms with van der Waals surface area (Å²) in [5, 5.41) is 0.